The van der Waals surface area contributed by atoms with E-state index in [0.717, 1.165) is 11.3 Å². The Balaban J connectivity index is 1.41. The number of carbonyl (C=O) groups excluding carboxylic acids is 2. The molecule has 12 nitrogen and oxygen atoms in total. The summed E-state index contributed by atoms with van der Waals surface area (Å²) >= 11 is 8.69. The second-order valence-corrected chi connectivity index (χ2v) is 11.5. The summed E-state index contributed by atoms with van der Waals surface area (Å²) in [5.74, 6) is -0.355. The van der Waals surface area contributed by atoms with Gasteiger partial charge in [-0.25, -0.2) is 4.98 Å². The zero-order valence-corrected chi connectivity index (χ0v) is 23.7. The summed E-state index contributed by atoms with van der Waals surface area (Å²) in [5, 5.41) is 9.60. The summed E-state index contributed by atoms with van der Waals surface area (Å²) in [7, 11) is 0. The maximum absolute atomic E-state index is 13.5. The van der Waals surface area contributed by atoms with E-state index in [-0.39, 0.29) is 29.3 Å². The van der Waals surface area contributed by atoms with Crippen LogP contribution in [0.2, 0.25) is 4.34 Å². The van der Waals surface area contributed by atoms with Crippen molar-refractivity contribution < 1.29 is 18.7 Å². The topological polar surface area (TPSA) is 137 Å². The molecular formula is C26H22ClN7O5S2. The van der Waals surface area contributed by atoms with Crippen molar-refractivity contribution in [3.63, 3.8) is 0 Å². The predicted octanol–water partition coefficient (Wildman–Crippen LogP) is 3.89. The van der Waals surface area contributed by atoms with Crippen molar-refractivity contribution in [3.05, 3.63) is 85.5 Å². The van der Waals surface area contributed by atoms with Crippen LogP contribution in [0.15, 0.2) is 63.8 Å². The first kappa shape index (κ1) is 27.1. The number of anilines is 2. The number of thiophene rings is 1. The molecule has 5 aromatic heterocycles. The molecule has 1 aliphatic rings. The first-order valence-electron chi connectivity index (χ1n) is 12.5. The number of aromatic nitrogens is 5. The number of hydrogen-bond donors (Lipinski definition) is 1. The maximum atomic E-state index is 13.5. The van der Waals surface area contributed by atoms with Crippen molar-refractivity contribution in [2.75, 3.05) is 36.5 Å². The molecule has 6 rings (SSSR count). The van der Waals surface area contributed by atoms with E-state index in [1.165, 1.54) is 38.4 Å². The fraction of sp³-hybridized carbons (Fsp3) is 0.231. The van der Waals surface area contributed by atoms with Crippen LogP contribution in [0.25, 0.3) is 11.3 Å². The third-order valence-corrected chi connectivity index (χ3v) is 8.17. The number of nitrogens with zero attached hydrogens (tertiary/aromatic N) is 6. The molecule has 6 heterocycles. The van der Waals surface area contributed by atoms with Crippen molar-refractivity contribution in [1.82, 2.24) is 23.7 Å². The number of pyridine rings is 1. The molecule has 15 heteroatoms. The van der Waals surface area contributed by atoms with E-state index in [4.69, 9.17) is 20.8 Å². The third-order valence-electron chi connectivity index (χ3n) is 6.38. The van der Waals surface area contributed by atoms with Gasteiger partial charge in [-0.05, 0) is 35.8 Å². The summed E-state index contributed by atoms with van der Waals surface area (Å²) < 4.78 is 17.8. The second-order valence-electron chi connectivity index (χ2n) is 9.02. The Hall–Kier alpha value is -4.11. The lowest BCUT2D eigenvalue weighted by Gasteiger charge is -2.28. The minimum atomic E-state index is -0.410. The van der Waals surface area contributed by atoms with Gasteiger partial charge in [-0.2, -0.15) is 14.2 Å². The minimum Gasteiger partial charge on any atom is -0.451 e. The highest BCUT2D eigenvalue weighted by atomic mass is 35.5. The van der Waals surface area contributed by atoms with Crippen molar-refractivity contribution in [1.29, 1.82) is 0 Å². The Labute approximate surface area is 245 Å². The van der Waals surface area contributed by atoms with Gasteiger partial charge in [0.25, 0.3) is 11.5 Å². The molecule has 1 fully saturated rings. The largest absolute Gasteiger partial charge is 0.451 e. The van der Waals surface area contributed by atoms with Crippen molar-refractivity contribution in [2.24, 2.45) is 0 Å². The second kappa shape index (κ2) is 11.8. The third kappa shape index (κ3) is 5.86. The minimum absolute atomic E-state index is 0.119. The molecule has 0 atom stereocenters. The van der Waals surface area contributed by atoms with Gasteiger partial charge in [0.1, 0.15) is 29.2 Å². The highest BCUT2D eigenvalue weighted by molar-refractivity contribution is 7.16. The fourth-order valence-electron chi connectivity index (χ4n) is 4.35. The summed E-state index contributed by atoms with van der Waals surface area (Å²) in [6.07, 6.45) is 3.97. The number of rotatable bonds is 9. The number of nitrogens with one attached hydrogen (secondary N) is 1. The van der Waals surface area contributed by atoms with Crippen molar-refractivity contribution in [2.45, 2.75) is 13.1 Å². The molecule has 5 aromatic rings. The Bertz CT molecular complexity index is 1740. The normalized spacial score (nSPS) is 13.4. The highest BCUT2D eigenvalue weighted by Crippen LogP contribution is 2.27. The quantitative estimate of drug-likeness (QED) is 0.244. The SMILES string of the molecule is O=C(Cn1cc(-c2cc(NCc3ccc(Cl)s3)n(C(=O)c3ccsn3)n2)cc(N2CCOCC2)c1=O)c1cocn1. The van der Waals surface area contributed by atoms with E-state index in [2.05, 4.69) is 19.8 Å². The average Bonchev–Trinajstić information content (AvgIpc) is 3.80. The lowest BCUT2D eigenvalue weighted by atomic mass is 10.1. The number of ketones is 1. The zero-order chi connectivity index (χ0) is 28.3. The number of morpholine rings is 1. The zero-order valence-electron chi connectivity index (χ0n) is 21.4. The molecule has 0 aliphatic carbocycles. The molecule has 0 bridgehead atoms. The van der Waals surface area contributed by atoms with Gasteiger partial charge in [0.05, 0.1) is 36.3 Å². The molecule has 1 aliphatic heterocycles. The van der Waals surface area contributed by atoms with Gasteiger partial charge in [-0.3, -0.25) is 14.4 Å². The van der Waals surface area contributed by atoms with Gasteiger partial charge < -0.3 is 23.9 Å². The molecule has 1 N–H and O–H groups in total. The predicted molar refractivity (Wildman–Crippen MR) is 154 cm³/mol. The first-order chi connectivity index (χ1) is 20.0. The lowest BCUT2D eigenvalue weighted by molar-refractivity contribution is 0.0941. The summed E-state index contributed by atoms with van der Waals surface area (Å²) in [6.45, 7) is 2.14. The Morgan fingerprint density at radius 2 is 1.98 bits per heavy atom. The van der Waals surface area contributed by atoms with Gasteiger partial charge in [0.2, 0.25) is 5.78 Å². The lowest BCUT2D eigenvalue weighted by Crippen LogP contribution is -2.40. The number of carbonyl (C=O) groups is 2. The first-order valence-corrected chi connectivity index (χ1v) is 14.5. The summed E-state index contributed by atoms with van der Waals surface area (Å²) in [5.41, 5.74) is 1.42. The van der Waals surface area contributed by atoms with E-state index in [9.17, 15) is 14.4 Å². The molecule has 0 radical (unpaired) electrons. The van der Waals surface area contributed by atoms with Crippen molar-refractivity contribution in [3.8, 4) is 11.3 Å². The molecule has 41 heavy (non-hydrogen) atoms. The fourth-order valence-corrected chi connectivity index (χ4v) is 5.88. The van der Waals surface area contributed by atoms with Crippen LogP contribution in [0.3, 0.4) is 0 Å². The summed E-state index contributed by atoms with van der Waals surface area (Å²) in [6, 6.07) is 8.80. The van der Waals surface area contributed by atoms with E-state index in [1.54, 1.807) is 29.8 Å². The van der Waals surface area contributed by atoms with E-state index in [0.29, 0.717) is 59.9 Å². The molecule has 0 aromatic carbocycles. The highest BCUT2D eigenvalue weighted by Gasteiger charge is 2.23. The maximum Gasteiger partial charge on any atom is 0.299 e. The van der Waals surface area contributed by atoms with Crippen molar-refractivity contribution >= 4 is 57.7 Å². The number of ether oxygens (including phenoxy) is 1. The number of Topliss-reactive ketones (excluding diaryl/α,β-unsaturated/α-hetero) is 1. The van der Waals surface area contributed by atoms with Crippen LogP contribution >= 0.6 is 34.5 Å². The van der Waals surface area contributed by atoms with Crippen LogP contribution in [-0.2, 0) is 17.8 Å². The van der Waals surface area contributed by atoms with E-state index < -0.39 is 5.91 Å². The Morgan fingerprint density at radius 3 is 2.68 bits per heavy atom. The number of oxazole rings is 1. The molecule has 0 saturated carbocycles. The van der Waals surface area contributed by atoms with Gasteiger partial charge in [0, 0.05) is 41.2 Å². The number of halogens is 1. The monoisotopic (exact) mass is 611 g/mol. The number of hydrogen-bond acceptors (Lipinski definition) is 12. The van der Waals surface area contributed by atoms with Crippen LogP contribution in [-0.4, -0.2) is 61.7 Å². The van der Waals surface area contributed by atoms with E-state index in [1.807, 2.05) is 17.0 Å². The van der Waals surface area contributed by atoms with Gasteiger partial charge in [-0.15, -0.1) is 11.3 Å². The van der Waals surface area contributed by atoms with E-state index >= 15 is 0 Å². The Kier molecular flexibility index (Phi) is 7.78. The smallest absolute Gasteiger partial charge is 0.299 e. The van der Waals surface area contributed by atoms with Crippen LogP contribution in [0.5, 0.6) is 0 Å². The van der Waals surface area contributed by atoms with Gasteiger partial charge >= 0.3 is 0 Å². The van der Waals surface area contributed by atoms with Gasteiger partial charge in [-0.1, -0.05) is 11.6 Å². The van der Waals surface area contributed by atoms with Crippen LogP contribution in [0.1, 0.15) is 25.9 Å². The standard InChI is InChI=1S/C26H22ClN7O5S2/c27-23-2-1-17(41-23)11-28-24-10-19(30-34(24)25(36)18-3-8-40-31-18)16-9-21(32-4-6-38-7-5-32)26(37)33(12-16)13-22(35)20-14-39-15-29-20/h1-3,8-10,12,14-15,28H,4-7,11,13H2. The molecule has 1 saturated heterocycles. The van der Waals surface area contributed by atoms with Crippen LogP contribution in [0, 0.1) is 0 Å². The molecule has 0 unspecified atom stereocenters. The van der Waals surface area contributed by atoms with Crippen LogP contribution in [0.4, 0.5) is 11.5 Å². The van der Waals surface area contributed by atoms with Gasteiger partial charge in [0.15, 0.2) is 6.39 Å². The molecular weight excluding hydrogens is 590 g/mol. The molecule has 0 amide bonds. The van der Waals surface area contributed by atoms with Crippen LogP contribution < -0.4 is 15.8 Å². The average molecular weight is 612 g/mol. The molecule has 210 valence electrons. The molecule has 0 spiro atoms. The summed E-state index contributed by atoms with van der Waals surface area (Å²) in [4.78, 5) is 46.5. The Morgan fingerprint density at radius 1 is 1.12 bits per heavy atom.